The molecule has 228 valence electrons. The summed E-state index contributed by atoms with van der Waals surface area (Å²) in [7, 11) is 0. The number of nitrogens with zero attached hydrogens (tertiary/aromatic N) is 2. The van der Waals surface area contributed by atoms with Gasteiger partial charge in [0.05, 0.1) is 27.2 Å². The summed E-state index contributed by atoms with van der Waals surface area (Å²) >= 11 is 13.6. The zero-order chi connectivity index (χ0) is 31.8. The van der Waals surface area contributed by atoms with E-state index in [1.165, 1.54) is 43.3 Å². The molecule has 3 aromatic carbocycles. The number of carbonyl (C=O) groups is 1. The normalized spacial score (nSPS) is 15.2. The topological polar surface area (TPSA) is 69.9 Å². The summed E-state index contributed by atoms with van der Waals surface area (Å²) < 4.78 is 70.4. The molecule has 6 nitrogen and oxygen atoms in total. The average Bonchev–Trinajstić information content (AvgIpc) is 3.27. The van der Waals surface area contributed by atoms with Gasteiger partial charge in [-0.25, -0.2) is 14.2 Å². The van der Waals surface area contributed by atoms with Crippen LogP contribution in [0.15, 0.2) is 90.7 Å². The molecule has 1 aromatic heterocycles. The van der Waals surface area contributed by atoms with Gasteiger partial charge >= 0.3 is 12.1 Å². The number of alkyl halides is 3. The molecule has 0 N–H and O–H groups in total. The number of carbonyl (C=O) groups excluding carboxylic acids is 1. The molecule has 0 fully saturated rings. The fraction of sp³-hybridized carbons (Fsp3) is 0.167. The lowest BCUT2D eigenvalue weighted by molar-refractivity contribution is -0.140. The van der Waals surface area contributed by atoms with Crippen molar-refractivity contribution in [3.63, 3.8) is 0 Å². The molecule has 4 aromatic rings. The van der Waals surface area contributed by atoms with Gasteiger partial charge in [-0.3, -0.25) is 9.36 Å². The van der Waals surface area contributed by atoms with Crippen LogP contribution in [-0.4, -0.2) is 23.3 Å². The van der Waals surface area contributed by atoms with Gasteiger partial charge in [0.15, 0.2) is 10.5 Å². The maximum absolute atomic E-state index is 14.4. The van der Waals surface area contributed by atoms with E-state index in [2.05, 4.69) is 36.9 Å². The summed E-state index contributed by atoms with van der Waals surface area (Å²) in [5, 5.41) is 0.307. The van der Waals surface area contributed by atoms with Crippen molar-refractivity contribution in [1.29, 1.82) is 0 Å². The summed E-state index contributed by atoms with van der Waals surface area (Å²) in [4.78, 5) is 30.4. The Labute approximate surface area is 273 Å². The number of esters is 1. The van der Waals surface area contributed by atoms with Gasteiger partial charge in [0.25, 0.3) is 5.56 Å². The molecule has 5 rings (SSSR count). The maximum atomic E-state index is 14.4. The Hall–Kier alpha value is -3.26. The van der Waals surface area contributed by atoms with Crippen molar-refractivity contribution >= 4 is 66.8 Å². The standard InChI is InChI=1S/C30H19Br2ClF4N2O4S/c1-2-42-28(41)23-24(15-7-9-19(33)10-8-15)39-27(40)22(44-29(39)38-26(23)30(35,36)37)12-17-11-18(31)13-20(32)25(17)43-14-16-5-3-4-6-21(16)34/h3-13,24H,2,14H2,1H3/b22-12-/t24-/m1/s1. The fourth-order valence-electron chi connectivity index (χ4n) is 4.55. The zero-order valence-electron chi connectivity index (χ0n) is 22.4. The van der Waals surface area contributed by atoms with E-state index < -0.39 is 40.8 Å². The number of halogens is 7. The van der Waals surface area contributed by atoms with E-state index >= 15 is 0 Å². The van der Waals surface area contributed by atoms with Gasteiger partial charge in [0.1, 0.15) is 18.2 Å². The maximum Gasteiger partial charge on any atom is 0.434 e. The van der Waals surface area contributed by atoms with Gasteiger partial charge in [-0.2, -0.15) is 13.2 Å². The number of ether oxygens (including phenoxy) is 2. The predicted molar refractivity (Wildman–Crippen MR) is 165 cm³/mol. The summed E-state index contributed by atoms with van der Waals surface area (Å²) in [5.41, 5.74) is -2.12. The fourth-order valence-corrected chi connectivity index (χ4v) is 7.04. The van der Waals surface area contributed by atoms with Gasteiger partial charge in [0, 0.05) is 20.6 Å². The largest absolute Gasteiger partial charge is 0.487 e. The Kier molecular flexibility index (Phi) is 9.49. The highest BCUT2D eigenvalue weighted by Crippen LogP contribution is 2.39. The zero-order valence-corrected chi connectivity index (χ0v) is 27.2. The summed E-state index contributed by atoms with van der Waals surface area (Å²) in [6.07, 6.45) is -3.60. The molecule has 0 unspecified atom stereocenters. The number of hydrogen-bond donors (Lipinski definition) is 0. The van der Waals surface area contributed by atoms with E-state index in [0.29, 0.717) is 36.4 Å². The van der Waals surface area contributed by atoms with E-state index in [1.54, 1.807) is 30.3 Å². The number of hydrogen-bond acceptors (Lipinski definition) is 6. The molecule has 0 aliphatic carbocycles. The van der Waals surface area contributed by atoms with E-state index in [1.807, 2.05) is 0 Å². The minimum atomic E-state index is -5.04. The Bertz CT molecular complexity index is 1970. The van der Waals surface area contributed by atoms with E-state index in [0.717, 1.165) is 4.57 Å². The smallest absolute Gasteiger partial charge is 0.434 e. The van der Waals surface area contributed by atoms with Crippen LogP contribution >= 0.6 is 54.8 Å². The van der Waals surface area contributed by atoms with Crippen molar-refractivity contribution in [3.05, 3.63) is 128 Å². The number of rotatable bonds is 7. The molecule has 0 bridgehead atoms. The first kappa shape index (κ1) is 32.1. The number of aromatic nitrogens is 1. The first-order valence-electron chi connectivity index (χ1n) is 12.8. The highest BCUT2D eigenvalue weighted by molar-refractivity contribution is 9.11. The van der Waals surface area contributed by atoms with Crippen LogP contribution in [0.25, 0.3) is 6.08 Å². The van der Waals surface area contributed by atoms with Crippen LogP contribution in [0.1, 0.15) is 29.7 Å². The van der Waals surface area contributed by atoms with Crippen LogP contribution in [-0.2, 0) is 16.1 Å². The highest BCUT2D eigenvalue weighted by Gasteiger charge is 2.45. The molecule has 0 saturated heterocycles. The molecule has 0 amide bonds. The van der Waals surface area contributed by atoms with Crippen LogP contribution in [0.5, 0.6) is 5.75 Å². The lowest BCUT2D eigenvalue weighted by Crippen LogP contribution is -2.41. The number of allylic oxidation sites excluding steroid dienone is 1. The summed E-state index contributed by atoms with van der Waals surface area (Å²) in [6.45, 7) is 1.13. The Balaban J connectivity index is 1.72. The van der Waals surface area contributed by atoms with Crippen molar-refractivity contribution in [2.24, 2.45) is 4.99 Å². The number of thiazole rings is 1. The third-order valence-electron chi connectivity index (χ3n) is 6.43. The van der Waals surface area contributed by atoms with Crippen molar-refractivity contribution in [2.75, 3.05) is 6.61 Å². The first-order chi connectivity index (χ1) is 20.9. The average molecular weight is 775 g/mol. The lowest BCUT2D eigenvalue weighted by atomic mass is 9.95. The molecular formula is C30H19Br2ClF4N2O4S. The molecule has 14 heteroatoms. The van der Waals surface area contributed by atoms with Gasteiger partial charge in [-0.1, -0.05) is 69.2 Å². The summed E-state index contributed by atoms with van der Waals surface area (Å²) in [5.74, 6) is -1.45. The van der Waals surface area contributed by atoms with Crippen LogP contribution in [0.3, 0.4) is 0 Å². The van der Waals surface area contributed by atoms with Crippen molar-refractivity contribution in [3.8, 4) is 5.75 Å². The SMILES string of the molecule is CCOC(=O)C1=C(C(F)(F)F)N=c2s/c(=C\c3cc(Br)cc(Br)c3OCc3ccccc3F)c(=O)n2[C@@H]1c1ccc(Cl)cc1. The second-order valence-corrected chi connectivity index (χ2v) is 12.5. The van der Waals surface area contributed by atoms with Crippen molar-refractivity contribution < 1.29 is 31.8 Å². The number of fused-ring (bicyclic) bond motifs is 1. The Morgan fingerprint density at radius 2 is 1.84 bits per heavy atom. The first-order valence-corrected chi connectivity index (χ1v) is 15.6. The van der Waals surface area contributed by atoms with Gasteiger partial charge in [-0.15, -0.1) is 0 Å². The van der Waals surface area contributed by atoms with Crippen molar-refractivity contribution in [1.82, 2.24) is 4.57 Å². The van der Waals surface area contributed by atoms with E-state index in [9.17, 15) is 27.2 Å². The molecule has 2 heterocycles. The van der Waals surface area contributed by atoms with Crippen LogP contribution in [0.2, 0.25) is 5.02 Å². The lowest BCUT2D eigenvalue weighted by Gasteiger charge is -2.26. The quantitative estimate of drug-likeness (QED) is 0.147. The minimum Gasteiger partial charge on any atom is -0.487 e. The van der Waals surface area contributed by atoms with Gasteiger partial charge in [0.2, 0.25) is 0 Å². The second kappa shape index (κ2) is 13.0. The molecule has 0 spiro atoms. The monoisotopic (exact) mass is 772 g/mol. The molecule has 0 radical (unpaired) electrons. The number of benzene rings is 3. The molecular weight excluding hydrogens is 756 g/mol. The molecule has 1 atom stereocenters. The van der Waals surface area contributed by atoms with Crippen LogP contribution in [0, 0.1) is 5.82 Å². The second-order valence-electron chi connectivity index (χ2n) is 9.30. The molecule has 1 aliphatic heterocycles. The summed E-state index contributed by atoms with van der Waals surface area (Å²) in [6, 6.07) is 13.7. The minimum absolute atomic E-state index is 0.00934. The molecule has 1 aliphatic rings. The highest BCUT2D eigenvalue weighted by atomic mass is 79.9. The van der Waals surface area contributed by atoms with Gasteiger partial charge < -0.3 is 9.47 Å². The molecule has 44 heavy (non-hydrogen) atoms. The van der Waals surface area contributed by atoms with E-state index in [4.69, 9.17) is 21.1 Å². The third kappa shape index (κ3) is 6.56. The van der Waals surface area contributed by atoms with E-state index in [-0.39, 0.29) is 33.9 Å². The molecule has 0 saturated carbocycles. The predicted octanol–water partition coefficient (Wildman–Crippen LogP) is 7.24. The van der Waals surface area contributed by atoms with Crippen LogP contribution in [0.4, 0.5) is 17.6 Å². The Morgan fingerprint density at radius 1 is 1.14 bits per heavy atom. The third-order valence-corrected chi connectivity index (χ3v) is 8.72. The Morgan fingerprint density at radius 3 is 2.50 bits per heavy atom. The van der Waals surface area contributed by atoms with Gasteiger partial charge in [-0.05, 0) is 64.8 Å². The van der Waals surface area contributed by atoms with Crippen LogP contribution < -0.4 is 19.6 Å². The van der Waals surface area contributed by atoms with Crippen molar-refractivity contribution in [2.45, 2.75) is 25.7 Å².